The predicted molar refractivity (Wildman–Crippen MR) is 82.3 cm³/mol. The van der Waals surface area contributed by atoms with E-state index in [9.17, 15) is 9.59 Å². The third-order valence-corrected chi connectivity index (χ3v) is 4.17. The molecular formula is C17H23NO4. The van der Waals surface area contributed by atoms with Gasteiger partial charge in [-0.2, -0.15) is 0 Å². The number of carbonyl (C=O) groups excluding carboxylic acids is 1. The van der Waals surface area contributed by atoms with Crippen LogP contribution in [0.5, 0.6) is 0 Å². The van der Waals surface area contributed by atoms with Crippen LogP contribution < -0.4 is 5.32 Å². The molecule has 0 bridgehead atoms. The standard InChI is InChI=1S/C17H23NO4/c1-13(15(19)20)18-17(10-6-3-7-11-17)16(21)22-12-14-8-4-2-5-9-14/h2,4-5,8-9,13,18H,3,6-7,10-12H2,1H3,(H,19,20)/t13-/m0/s1. The van der Waals surface area contributed by atoms with Gasteiger partial charge in [-0.25, -0.2) is 0 Å². The Morgan fingerprint density at radius 3 is 2.45 bits per heavy atom. The SMILES string of the molecule is C[C@H](NC1(C(=O)OCc2ccccc2)CCCCC1)C(=O)O. The summed E-state index contributed by atoms with van der Waals surface area (Å²) in [5.41, 5.74) is 0.0540. The first-order valence-corrected chi connectivity index (χ1v) is 7.75. The first-order valence-electron chi connectivity index (χ1n) is 7.75. The minimum absolute atomic E-state index is 0.213. The van der Waals surface area contributed by atoms with E-state index in [1.807, 2.05) is 30.3 Å². The van der Waals surface area contributed by atoms with Crippen LogP contribution >= 0.6 is 0 Å². The lowest BCUT2D eigenvalue weighted by Gasteiger charge is -2.37. The normalized spacial score (nSPS) is 18.4. The van der Waals surface area contributed by atoms with Crippen molar-refractivity contribution in [1.29, 1.82) is 0 Å². The molecule has 1 aromatic rings. The zero-order valence-electron chi connectivity index (χ0n) is 12.9. The third kappa shape index (κ3) is 4.07. The Kier molecular flexibility index (Phi) is 5.55. The summed E-state index contributed by atoms with van der Waals surface area (Å²) in [7, 11) is 0. The van der Waals surface area contributed by atoms with Crippen molar-refractivity contribution in [2.75, 3.05) is 0 Å². The number of nitrogens with one attached hydrogen (secondary N) is 1. The Morgan fingerprint density at radius 2 is 1.86 bits per heavy atom. The van der Waals surface area contributed by atoms with Gasteiger partial charge in [0.15, 0.2) is 0 Å². The quantitative estimate of drug-likeness (QED) is 0.790. The van der Waals surface area contributed by atoms with Crippen LogP contribution in [0, 0.1) is 0 Å². The maximum atomic E-state index is 12.6. The van der Waals surface area contributed by atoms with E-state index >= 15 is 0 Å². The molecule has 0 aliphatic heterocycles. The van der Waals surface area contributed by atoms with Crippen molar-refractivity contribution in [3.63, 3.8) is 0 Å². The monoisotopic (exact) mass is 305 g/mol. The molecule has 1 fully saturated rings. The number of hydrogen-bond acceptors (Lipinski definition) is 4. The van der Waals surface area contributed by atoms with Gasteiger partial charge in [-0.1, -0.05) is 49.6 Å². The molecule has 1 saturated carbocycles. The Bertz CT molecular complexity index is 509. The number of rotatable bonds is 6. The fraction of sp³-hybridized carbons (Fsp3) is 0.529. The van der Waals surface area contributed by atoms with Crippen LogP contribution in [-0.4, -0.2) is 28.6 Å². The molecule has 5 heteroatoms. The molecule has 2 rings (SSSR count). The molecule has 1 aliphatic carbocycles. The summed E-state index contributed by atoms with van der Waals surface area (Å²) < 4.78 is 5.46. The van der Waals surface area contributed by atoms with Crippen LogP contribution in [0.2, 0.25) is 0 Å². The molecule has 0 aromatic heterocycles. The Balaban J connectivity index is 2.04. The highest BCUT2D eigenvalue weighted by Gasteiger charge is 2.42. The molecule has 1 aromatic carbocycles. The molecule has 0 spiro atoms. The largest absolute Gasteiger partial charge is 0.480 e. The average molecular weight is 305 g/mol. The van der Waals surface area contributed by atoms with Crippen molar-refractivity contribution in [3.8, 4) is 0 Å². The van der Waals surface area contributed by atoms with Gasteiger partial charge in [0, 0.05) is 0 Å². The predicted octanol–water partition coefficient (Wildman–Crippen LogP) is 2.50. The molecular weight excluding hydrogens is 282 g/mol. The van der Waals surface area contributed by atoms with E-state index in [-0.39, 0.29) is 12.6 Å². The lowest BCUT2D eigenvalue weighted by molar-refractivity contribution is -0.156. The molecule has 0 amide bonds. The molecule has 120 valence electrons. The minimum Gasteiger partial charge on any atom is -0.480 e. The summed E-state index contributed by atoms with van der Waals surface area (Å²) in [5, 5.41) is 12.1. The van der Waals surface area contributed by atoms with Gasteiger partial charge in [-0.05, 0) is 25.3 Å². The highest BCUT2D eigenvalue weighted by Crippen LogP contribution is 2.30. The minimum atomic E-state index is -0.958. The van der Waals surface area contributed by atoms with Gasteiger partial charge in [0.05, 0.1) is 0 Å². The molecule has 5 nitrogen and oxygen atoms in total. The fourth-order valence-electron chi connectivity index (χ4n) is 2.90. The summed E-state index contributed by atoms with van der Waals surface area (Å²) in [5.74, 6) is -1.30. The number of hydrogen-bond donors (Lipinski definition) is 2. The highest BCUT2D eigenvalue weighted by atomic mass is 16.5. The number of carboxylic acids is 1. The second-order valence-corrected chi connectivity index (χ2v) is 5.91. The van der Waals surface area contributed by atoms with Crippen LogP contribution in [0.4, 0.5) is 0 Å². The van der Waals surface area contributed by atoms with Crippen LogP contribution in [0.25, 0.3) is 0 Å². The highest BCUT2D eigenvalue weighted by molar-refractivity contribution is 5.82. The molecule has 2 N–H and O–H groups in total. The number of benzene rings is 1. The van der Waals surface area contributed by atoms with Crippen molar-refractivity contribution in [1.82, 2.24) is 5.32 Å². The molecule has 1 atom stereocenters. The molecule has 1 aliphatic rings. The van der Waals surface area contributed by atoms with E-state index < -0.39 is 17.6 Å². The number of aliphatic carboxylic acids is 1. The van der Waals surface area contributed by atoms with Crippen molar-refractivity contribution < 1.29 is 19.4 Å². The topological polar surface area (TPSA) is 75.6 Å². The van der Waals surface area contributed by atoms with Gasteiger partial charge in [0.1, 0.15) is 18.2 Å². The summed E-state index contributed by atoms with van der Waals surface area (Å²) in [6, 6.07) is 8.71. The molecule has 0 heterocycles. The lowest BCUT2D eigenvalue weighted by atomic mass is 9.81. The van der Waals surface area contributed by atoms with Crippen molar-refractivity contribution >= 4 is 11.9 Å². The number of carboxylic acid groups (broad SMARTS) is 1. The van der Waals surface area contributed by atoms with E-state index in [2.05, 4.69) is 5.32 Å². The van der Waals surface area contributed by atoms with Gasteiger partial charge in [0.25, 0.3) is 0 Å². The summed E-state index contributed by atoms with van der Waals surface area (Å²) in [4.78, 5) is 23.7. The third-order valence-electron chi connectivity index (χ3n) is 4.17. The second-order valence-electron chi connectivity index (χ2n) is 5.91. The van der Waals surface area contributed by atoms with Crippen LogP contribution in [0.15, 0.2) is 30.3 Å². The van der Waals surface area contributed by atoms with Gasteiger partial charge in [0.2, 0.25) is 0 Å². The van der Waals surface area contributed by atoms with Crippen LogP contribution in [0.1, 0.15) is 44.6 Å². The van der Waals surface area contributed by atoms with Gasteiger partial charge < -0.3 is 9.84 Å². The van der Waals surface area contributed by atoms with Gasteiger partial charge >= 0.3 is 11.9 Å². The zero-order valence-corrected chi connectivity index (χ0v) is 12.9. The smallest absolute Gasteiger partial charge is 0.326 e. The van der Waals surface area contributed by atoms with E-state index in [0.717, 1.165) is 24.8 Å². The first kappa shape index (κ1) is 16.5. The number of carbonyl (C=O) groups is 2. The zero-order chi connectivity index (χ0) is 16.0. The second kappa shape index (κ2) is 7.40. The summed E-state index contributed by atoms with van der Waals surface area (Å²) in [6.45, 7) is 1.77. The number of esters is 1. The lowest BCUT2D eigenvalue weighted by Crippen LogP contribution is -2.58. The molecule has 22 heavy (non-hydrogen) atoms. The average Bonchev–Trinajstić information content (AvgIpc) is 2.54. The van der Waals surface area contributed by atoms with E-state index in [4.69, 9.17) is 9.84 Å². The Morgan fingerprint density at radius 1 is 1.23 bits per heavy atom. The Hall–Kier alpha value is -1.88. The molecule has 0 unspecified atom stereocenters. The summed E-state index contributed by atoms with van der Waals surface area (Å²) in [6.07, 6.45) is 4.12. The van der Waals surface area contributed by atoms with Crippen molar-refractivity contribution in [3.05, 3.63) is 35.9 Å². The summed E-state index contributed by atoms with van der Waals surface area (Å²) >= 11 is 0. The number of ether oxygens (including phenoxy) is 1. The van der Waals surface area contributed by atoms with Crippen LogP contribution in [-0.2, 0) is 20.9 Å². The maximum absolute atomic E-state index is 12.6. The first-order chi connectivity index (χ1) is 10.5. The molecule has 0 radical (unpaired) electrons. The van der Waals surface area contributed by atoms with Crippen molar-refractivity contribution in [2.24, 2.45) is 0 Å². The van der Waals surface area contributed by atoms with Gasteiger partial charge in [-0.15, -0.1) is 0 Å². The Labute approximate surface area is 130 Å². The fourth-order valence-corrected chi connectivity index (χ4v) is 2.90. The van der Waals surface area contributed by atoms with E-state index in [1.165, 1.54) is 0 Å². The van der Waals surface area contributed by atoms with Crippen LogP contribution in [0.3, 0.4) is 0 Å². The maximum Gasteiger partial charge on any atom is 0.326 e. The molecule has 0 saturated heterocycles. The van der Waals surface area contributed by atoms with E-state index in [1.54, 1.807) is 6.92 Å². The van der Waals surface area contributed by atoms with E-state index in [0.29, 0.717) is 12.8 Å². The van der Waals surface area contributed by atoms with Crippen molar-refractivity contribution in [2.45, 2.75) is 57.2 Å². The van der Waals surface area contributed by atoms with Gasteiger partial charge in [-0.3, -0.25) is 14.9 Å².